The molecule has 0 aromatic heterocycles. The second-order valence-electron chi connectivity index (χ2n) is 12.3. The van der Waals surface area contributed by atoms with Crippen molar-refractivity contribution in [1.29, 1.82) is 0 Å². The Balaban J connectivity index is 1.51. The van der Waals surface area contributed by atoms with Gasteiger partial charge in [-0.05, 0) is 79.7 Å². The molecule has 0 radical (unpaired) electrons. The highest BCUT2D eigenvalue weighted by molar-refractivity contribution is 5.61. The molecule has 37 heavy (non-hydrogen) atoms. The van der Waals surface area contributed by atoms with Crippen LogP contribution in [-0.2, 0) is 5.54 Å². The van der Waals surface area contributed by atoms with E-state index in [2.05, 4.69) is 103 Å². The highest BCUT2D eigenvalue weighted by Gasteiger charge is 2.64. The van der Waals surface area contributed by atoms with Crippen LogP contribution in [0.15, 0.2) is 78.9 Å². The third-order valence-corrected chi connectivity index (χ3v) is 10.5. The highest BCUT2D eigenvalue weighted by atomic mass is 15.5. The maximum atomic E-state index is 3.11. The Morgan fingerprint density at radius 3 is 2.11 bits per heavy atom. The Labute approximate surface area is 223 Å². The van der Waals surface area contributed by atoms with Crippen LogP contribution in [0.3, 0.4) is 0 Å². The topological polar surface area (TPSA) is 6.48 Å². The first-order valence-corrected chi connectivity index (χ1v) is 15.0. The Morgan fingerprint density at radius 1 is 0.703 bits per heavy atom. The van der Waals surface area contributed by atoms with Gasteiger partial charge in [0, 0.05) is 11.7 Å². The van der Waals surface area contributed by atoms with Gasteiger partial charge >= 0.3 is 0 Å². The van der Waals surface area contributed by atoms with Crippen LogP contribution in [0.1, 0.15) is 93.0 Å². The van der Waals surface area contributed by atoms with Crippen LogP contribution in [0.4, 0.5) is 5.69 Å². The van der Waals surface area contributed by atoms with Gasteiger partial charge in [-0.15, -0.1) is 0 Å². The number of anilines is 1. The third kappa shape index (κ3) is 3.41. The van der Waals surface area contributed by atoms with Crippen molar-refractivity contribution in [1.82, 2.24) is 4.90 Å². The fraction of sp³-hybridized carbons (Fsp3) is 0.486. The second kappa shape index (κ2) is 9.31. The van der Waals surface area contributed by atoms with Crippen LogP contribution in [0.5, 0.6) is 0 Å². The molecule has 3 aromatic carbocycles. The van der Waals surface area contributed by atoms with Gasteiger partial charge in [-0.25, -0.2) is 0 Å². The smallest absolute Gasteiger partial charge is 0.0868 e. The Morgan fingerprint density at radius 2 is 1.35 bits per heavy atom. The summed E-state index contributed by atoms with van der Waals surface area (Å²) in [5.41, 5.74) is 7.53. The summed E-state index contributed by atoms with van der Waals surface area (Å²) in [6.45, 7) is 4.85. The van der Waals surface area contributed by atoms with Crippen molar-refractivity contribution in [3.8, 4) is 0 Å². The van der Waals surface area contributed by atoms with Crippen LogP contribution < -0.4 is 4.90 Å². The minimum Gasteiger partial charge on any atom is -0.351 e. The van der Waals surface area contributed by atoms with E-state index in [1.807, 2.05) is 0 Å². The largest absolute Gasteiger partial charge is 0.351 e. The average Bonchev–Trinajstić information content (AvgIpc) is 3.65. The van der Waals surface area contributed by atoms with Gasteiger partial charge in [0.1, 0.15) is 0 Å². The first-order valence-electron chi connectivity index (χ1n) is 15.0. The zero-order valence-corrected chi connectivity index (χ0v) is 22.7. The molecule has 3 aromatic rings. The van der Waals surface area contributed by atoms with Gasteiger partial charge < -0.3 is 4.90 Å². The van der Waals surface area contributed by atoms with E-state index in [9.17, 15) is 0 Å². The SMILES string of the molecule is Cc1ccccc1N1C(C2CCCCC2)N2C(c3ccccc3C2(c2ccccc2)C2CCCC2)[C@@H]1C. The molecule has 0 N–H and O–H groups in total. The van der Waals surface area contributed by atoms with E-state index in [4.69, 9.17) is 0 Å². The minimum absolute atomic E-state index is 0.0488. The molecule has 2 nitrogen and oxygen atoms in total. The van der Waals surface area contributed by atoms with Gasteiger partial charge in [0.15, 0.2) is 0 Å². The maximum absolute atomic E-state index is 3.11. The standard InChI is InChI=1S/C35H42N2/c1-25-15-9-14-24-32(25)36-26(2)33-30-22-12-13-23-31(30)35(29-20-10-11-21-29,28-18-7-4-8-19-28)37(33)34(36)27-16-5-3-6-17-27/h4,7-9,12-15,18-19,22-24,26-27,29,33-34H,3,5-6,10-11,16-17,20-21H2,1-2H3/t26-,33?,34?,35?/m0/s1. The van der Waals surface area contributed by atoms with E-state index in [1.54, 1.807) is 11.1 Å². The highest BCUT2D eigenvalue weighted by Crippen LogP contribution is 2.64. The fourth-order valence-electron chi connectivity index (χ4n) is 9.11. The number of aryl methyl sites for hydroxylation is 1. The quantitative estimate of drug-likeness (QED) is 0.361. The normalized spacial score (nSPS) is 30.5. The molecule has 0 amide bonds. The van der Waals surface area contributed by atoms with Crippen LogP contribution in [0, 0.1) is 18.8 Å². The molecule has 1 saturated heterocycles. The zero-order chi connectivity index (χ0) is 25.0. The van der Waals surface area contributed by atoms with Crippen LogP contribution in [-0.4, -0.2) is 17.1 Å². The van der Waals surface area contributed by atoms with Crippen molar-refractivity contribution in [3.63, 3.8) is 0 Å². The van der Waals surface area contributed by atoms with E-state index in [1.165, 1.54) is 74.6 Å². The second-order valence-corrected chi connectivity index (χ2v) is 12.3. The van der Waals surface area contributed by atoms with Gasteiger partial charge in [-0.3, -0.25) is 4.90 Å². The molecule has 3 fully saturated rings. The molecule has 4 atom stereocenters. The molecule has 2 heterocycles. The molecular formula is C35H42N2. The van der Waals surface area contributed by atoms with Gasteiger partial charge in [0.2, 0.25) is 0 Å². The third-order valence-electron chi connectivity index (χ3n) is 10.5. The van der Waals surface area contributed by atoms with E-state index < -0.39 is 0 Å². The minimum atomic E-state index is -0.0488. The van der Waals surface area contributed by atoms with E-state index >= 15 is 0 Å². The van der Waals surface area contributed by atoms with Crippen molar-refractivity contribution < 1.29 is 0 Å². The number of para-hydroxylation sites is 1. The lowest BCUT2D eigenvalue weighted by Crippen LogP contribution is -2.56. The number of nitrogens with zero attached hydrogens (tertiary/aromatic N) is 2. The summed E-state index contributed by atoms with van der Waals surface area (Å²) in [5.74, 6) is 1.37. The number of hydrogen-bond acceptors (Lipinski definition) is 2. The molecule has 3 unspecified atom stereocenters. The monoisotopic (exact) mass is 490 g/mol. The van der Waals surface area contributed by atoms with Crippen molar-refractivity contribution >= 4 is 5.69 Å². The van der Waals surface area contributed by atoms with Gasteiger partial charge in [0.05, 0.1) is 17.7 Å². The molecule has 7 rings (SSSR count). The summed E-state index contributed by atoms with van der Waals surface area (Å²) in [6, 6.07) is 31.3. The summed E-state index contributed by atoms with van der Waals surface area (Å²) < 4.78 is 0. The summed E-state index contributed by atoms with van der Waals surface area (Å²) in [5, 5.41) is 0. The Kier molecular flexibility index (Phi) is 5.92. The predicted octanol–water partition coefficient (Wildman–Crippen LogP) is 8.60. The predicted molar refractivity (Wildman–Crippen MR) is 154 cm³/mol. The molecule has 2 saturated carbocycles. The average molecular weight is 491 g/mol. The van der Waals surface area contributed by atoms with E-state index in [0.29, 0.717) is 30.1 Å². The van der Waals surface area contributed by atoms with Crippen molar-refractivity contribution in [3.05, 3.63) is 101 Å². The van der Waals surface area contributed by atoms with Gasteiger partial charge in [0.25, 0.3) is 0 Å². The van der Waals surface area contributed by atoms with Crippen LogP contribution in [0.25, 0.3) is 0 Å². The van der Waals surface area contributed by atoms with Crippen molar-refractivity contribution in [2.75, 3.05) is 4.90 Å². The lowest BCUT2D eigenvalue weighted by atomic mass is 9.71. The summed E-state index contributed by atoms with van der Waals surface area (Å²) in [6.07, 6.45) is 12.7. The molecular weight excluding hydrogens is 448 g/mol. The molecule has 2 aliphatic heterocycles. The number of benzene rings is 3. The number of fused-ring (bicyclic) bond motifs is 3. The van der Waals surface area contributed by atoms with Crippen molar-refractivity contribution in [2.45, 2.75) is 95.4 Å². The van der Waals surface area contributed by atoms with E-state index in [-0.39, 0.29) is 5.54 Å². The Hall–Kier alpha value is -2.58. The fourth-order valence-corrected chi connectivity index (χ4v) is 9.11. The first-order chi connectivity index (χ1) is 18.2. The van der Waals surface area contributed by atoms with Crippen LogP contribution in [0.2, 0.25) is 0 Å². The number of hydrogen-bond donors (Lipinski definition) is 0. The van der Waals surface area contributed by atoms with E-state index in [0.717, 1.165) is 0 Å². The number of rotatable bonds is 4. The summed E-state index contributed by atoms with van der Waals surface area (Å²) in [4.78, 5) is 5.99. The first kappa shape index (κ1) is 23.5. The molecule has 0 bridgehead atoms. The van der Waals surface area contributed by atoms with Crippen molar-refractivity contribution in [2.24, 2.45) is 11.8 Å². The lowest BCUT2D eigenvalue weighted by molar-refractivity contribution is 0.00993. The summed E-state index contributed by atoms with van der Waals surface area (Å²) >= 11 is 0. The molecule has 0 spiro atoms. The molecule has 192 valence electrons. The molecule has 2 heteroatoms. The molecule has 2 aliphatic carbocycles. The maximum Gasteiger partial charge on any atom is 0.0868 e. The summed E-state index contributed by atoms with van der Waals surface area (Å²) in [7, 11) is 0. The lowest BCUT2D eigenvalue weighted by Gasteiger charge is -2.51. The van der Waals surface area contributed by atoms with Gasteiger partial charge in [-0.1, -0.05) is 105 Å². The van der Waals surface area contributed by atoms with Gasteiger partial charge in [-0.2, -0.15) is 0 Å². The zero-order valence-electron chi connectivity index (χ0n) is 22.7. The van der Waals surface area contributed by atoms with Crippen LogP contribution >= 0.6 is 0 Å². The molecule has 4 aliphatic rings. The Bertz CT molecular complexity index is 1240.